The molecule has 20 heavy (non-hydrogen) atoms. The highest BCUT2D eigenvalue weighted by Gasteiger charge is 2.36. The fourth-order valence-electron chi connectivity index (χ4n) is 3.12. The molecular weight excluding hydrogens is 274 g/mol. The van der Waals surface area contributed by atoms with Crippen LogP contribution in [0, 0.1) is 12.3 Å². The van der Waals surface area contributed by atoms with E-state index in [1.807, 2.05) is 7.05 Å². The van der Waals surface area contributed by atoms with Crippen LogP contribution >= 0.6 is 11.6 Å². The second-order valence-electron chi connectivity index (χ2n) is 6.42. The molecule has 1 aromatic heterocycles. The van der Waals surface area contributed by atoms with Crippen LogP contribution in [0.4, 0.5) is 0 Å². The fraction of sp³-hybridized carbons (Fsp3) is 0.800. The first-order valence-corrected chi connectivity index (χ1v) is 7.97. The summed E-state index contributed by atoms with van der Waals surface area (Å²) in [5.41, 5.74) is 2.56. The maximum Gasteiger partial charge on any atom is 0.130 e. The zero-order chi connectivity index (χ0) is 14.2. The zero-order valence-electron chi connectivity index (χ0n) is 12.4. The summed E-state index contributed by atoms with van der Waals surface area (Å²) in [6.07, 6.45) is 5.89. The Bertz CT molecular complexity index is 476. The van der Waals surface area contributed by atoms with E-state index in [-0.39, 0.29) is 5.41 Å². The molecule has 2 fully saturated rings. The minimum absolute atomic E-state index is 0.276. The first-order valence-electron chi connectivity index (χ1n) is 7.59. The van der Waals surface area contributed by atoms with Gasteiger partial charge in [0.15, 0.2) is 0 Å². The number of halogens is 1. The van der Waals surface area contributed by atoms with Crippen molar-refractivity contribution in [2.75, 3.05) is 19.8 Å². The highest BCUT2D eigenvalue weighted by Crippen LogP contribution is 2.37. The van der Waals surface area contributed by atoms with Crippen molar-refractivity contribution in [1.29, 1.82) is 0 Å². The van der Waals surface area contributed by atoms with Gasteiger partial charge in [-0.15, -0.1) is 0 Å². The average Bonchev–Trinajstić information content (AvgIpc) is 3.23. The third kappa shape index (κ3) is 3.02. The molecule has 0 atom stereocenters. The van der Waals surface area contributed by atoms with E-state index in [1.165, 1.54) is 18.4 Å². The van der Waals surface area contributed by atoms with Gasteiger partial charge in [-0.05, 0) is 44.4 Å². The summed E-state index contributed by atoms with van der Waals surface area (Å²) >= 11 is 6.42. The summed E-state index contributed by atoms with van der Waals surface area (Å²) < 4.78 is 7.35. The topological polar surface area (TPSA) is 39.1 Å². The van der Waals surface area contributed by atoms with Gasteiger partial charge in [0, 0.05) is 38.4 Å². The maximum absolute atomic E-state index is 6.42. The Morgan fingerprint density at radius 1 is 1.40 bits per heavy atom. The van der Waals surface area contributed by atoms with Crippen LogP contribution in [0.2, 0.25) is 5.15 Å². The molecule has 0 radical (unpaired) electrons. The highest BCUT2D eigenvalue weighted by atomic mass is 35.5. The lowest BCUT2D eigenvalue weighted by Gasteiger charge is -2.37. The molecule has 112 valence electrons. The van der Waals surface area contributed by atoms with Gasteiger partial charge in [-0.3, -0.25) is 4.68 Å². The van der Waals surface area contributed by atoms with Crippen molar-refractivity contribution in [2.24, 2.45) is 12.5 Å². The van der Waals surface area contributed by atoms with E-state index in [4.69, 9.17) is 16.3 Å². The first kappa shape index (κ1) is 14.4. The summed E-state index contributed by atoms with van der Waals surface area (Å²) in [6, 6.07) is 0.750. The third-order valence-corrected chi connectivity index (χ3v) is 5.19. The number of hydrogen-bond donors (Lipinski definition) is 1. The van der Waals surface area contributed by atoms with Crippen molar-refractivity contribution in [1.82, 2.24) is 15.1 Å². The summed E-state index contributed by atoms with van der Waals surface area (Å²) in [5.74, 6) is 0. The molecule has 0 aromatic carbocycles. The molecule has 1 N–H and O–H groups in total. The Morgan fingerprint density at radius 2 is 2.10 bits per heavy atom. The van der Waals surface area contributed by atoms with Crippen LogP contribution in [0.1, 0.15) is 36.9 Å². The molecule has 1 saturated carbocycles. The van der Waals surface area contributed by atoms with Crippen LogP contribution < -0.4 is 5.32 Å². The molecular formula is C15H24ClN3O. The van der Waals surface area contributed by atoms with Crippen molar-refractivity contribution in [3.05, 3.63) is 16.4 Å². The number of hydrogen-bond acceptors (Lipinski definition) is 3. The molecule has 0 amide bonds. The predicted molar refractivity (Wildman–Crippen MR) is 80.2 cm³/mol. The molecule has 1 saturated heterocycles. The molecule has 1 aliphatic carbocycles. The van der Waals surface area contributed by atoms with E-state index >= 15 is 0 Å². The van der Waals surface area contributed by atoms with Gasteiger partial charge < -0.3 is 10.1 Å². The molecule has 5 heteroatoms. The molecule has 0 spiro atoms. The Kier molecular flexibility index (Phi) is 4.07. The Labute approximate surface area is 125 Å². The van der Waals surface area contributed by atoms with Gasteiger partial charge in [0.05, 0.1) is 5.69 Å². The number of nitrogens with one attached hydrogen (secondary N) is 1. The smallest absolute Gasteiger partial charge is 0.130 e. The van der Waals surface area contributed by atoms with Gasteiger partial charge in [0.1, 0.15) is 5.15 Å². The van der Waals surface area contributed by atoms with E-state index < -0.39 is 0 Å². The van der Waals surface area contributed by atoms with Crippen molar-refractivity contribution in [2.45, 2.75) is 45.1 Å². The molecule has 2 aliphatic rings. The highest BCUT2D eigenvalue weighted by molar-refractivity contribution is 6.30. The number of ether oxygens (including phenoxy) is 1. The molecule has 0 unspecified atom stereocenters. The summed E-state index contributed by atoms with van der Waals surface area (Å²) in [4.78, 5) is 0. The van der Waals surface area contributed by atoms with Crippen LogP contribution in [-0.4, -0.2) is 35.6 Å². The average molecular weight is 298 g/mol. The van der Waals surface area contributed by atoms with Gasteiger partial charge in [-0.25, -0.2) is 0 Å². The van der Waals surface area contributed by atoms with Crippen molar-refractivity contribution in [3.63, 3.8) is 0 Å². The lowest BCUT2D eigenvalue weighted by atomic mass is 9.75. The summed E-state index contributed by atoms with van der Waals surface area (Å²) in [7, 11) is 1.91. The third-order valence-electron chi connectivity index (χ3n) is 4.72. The minimum atomic E-state index is 0.276. The molecule has 3 rings (SSSR count). The van der Waals surface area contributed by atoms with E-state index in [0.29, 0.717) is 0 Å². The van der Waals surface area contributed by atoms with Crippen molar-refractivity contribution >= 4 is 11.6 Å². The Hall–Kier alpha value is -0.580. The molecule has 1 aromatic rings. The van der Waals surface area contributed by atoms with E-state index in [9.17, 15) is 0 Å². The van der Waals surface area contributed by atoms with Crippen LogP contribution in [0.3, 0.4) is 0 Å². The summed E-state index contributed by atoms with van der Waals surface area (Å²) in [5, 5.41) is 8.95. The molecule has 4 nitrogen and oxygen atoms in total. The van der Waals surface area contributed by atoms with E-state index in [1.54, 1.807) is 4.68 Å². The Morgan fingerprint density at radius 3 is 2.65 bits per heavy atom. The zero-order valence-corrected chi connectivity index (χ0v) is 13.2. The quantitative estimate of drug-likeness (QED) is 0.907. The van der Waals surface area contributed by atoms with Gasteiger partial charge >= 0.3 is 0 Å². The molecule has 2 heterocycles. The van der Waals surface area contributed by atoms with Crippen LogP contribution in [0.15, 0.2) is 0 Å². The number of rotatable bonds is 5. The molecule has 0 bridgehead atoms. The fourth-order valence-corrected chi connectivity index (χ4v) is 3.36. The van der Waals surface area contributed by atoms with Crippen molar-refractivity contribution < 1.29 is 4.74 Å². The second kappa shape index (κ2) is 5.66. The Balaban J connectivity index is 1.77. The maximum atomic E-state index is 6.42. The number of nitrogens with zero attached hydrogens (tertiary/aromatic N) is 2. The lowest BCUT2D eigenvalue weighted by molar-refractivity contribution is 0.0147. The standard InChI is InChI=1S/C15H24ClN3O/c1-11-13(14(16)19(2)18-11)9-15(5-7-20-8-6-15)10-17-12-3-4-12/h12,17H,3-10H2,1-2H3. The SMILES string of the molecule is Cc1nn(C)c(Cl)c1CC1(CNC2CC2)CCOCC1. The van der Waals surface area contributed by atoms with Crippen molar-refractivity contribution in [3.8, 4) is 0 Å². The monoisotopic (exact) mass is 297 g/mol. The van der Waals surface area contributed by atoms with Gasteiger partial charge in [0.25, 0.3) is 0 Å². The lowest BCUT2D eigenvalue weighted by Crippen LogP contribution is -2.41. The number of aromatic nitrogens is 2. The normalized spacial score (nSPS) is 22.1. The van der Waals surface area contributed by atoms with Gasteiger partial charge in [-0.1, -0.05) is 11.6 Å². The molecule has 1 aliphatic heterocycles. The van der Waals surface area contributed by atoms with E-state index in [0.717, 1.165) is 55.9 Å². The summed E-state index contributed by atoms with van der Waals surface area (Å²) in [6.45, 7) is 4.86. The van der Waals surface area contributed by atoms with E-state index in [2.05, 4.69) is 17.3 Å². The van der Waals surface area contributed by atoms with Crippen LogP contribution in [-0.2, 0) is 18.2 Å². The van der Waals surface area contributed by atoms with Crippen LogP contribution in [0.25, 0.3) is 0 Å². The number of aryl methyl sites for hydroxylation is 2. The predicted octanol–water partition coefficient (Wildman–Crippen LogP) is 2.47. The largest absolute Gasteiger partial charge is 0.381 e. The second-order valence-corrected chi connectivity index (χ2v) is 6.78. The van der Waals surface area contributed by atoms with Gasteiger partial charge in [-0.2, -0.15) is 5.10 Å². The van der Waals surface area contributed by atoms with Crippen LogP contribution in [0.5, 0.6) is 0 Å². The minimum Gasteiger partial charge on any atom is -0.381 e. The van der Waals surface area contributed by atoms with Gasteiger partial charge in [0.2, 0.25) is 0 Å². The first-order chi connectivity index (χ1) is 9.60.